The number of nitrogens with zero attached hydrogens (tertiary/aromatic N) is 6. The van der Waals surface area contributed by atoms with Crippen molar-refractivity contribution in [2.75, 3.05) is 25.0 Å². The first-order chi connectivity index (χ1) is 18.6. The van der Waals surface area contributed by atoms with E-state index in [0.29, 0.717) is 52.1 Å². The molecule has 4 aromatic rings. The zero-order valence-corrected chi connectivity index (χ0v) is 23.6. The number of rotatable bonds is 8. The molecule has 0 aliphatic carbocycles. The van der Waals surface area contributed by atoms with Crippen molar-refractivity contribution in [2.24, 2.45) is 0 Å². The van der Waals surface area contributed by atoms with Crippen LogP contribution in [0, 0.1) is 17.1 Å². The maximum Gasteiger partial charge on any atom is 0.166 e. The summed E-state index contributed by atoms with van der Waals surface area (Å²) in [7, 11) is 2.01. The molecule has 1 saturated heterocycles. The Hall–Kier alpha value is -3.45. The van der Waals surface area contributed by atoms with E-state index in [1.807, 2.05) is 37.1 Å². The van der Waals surface area contributed by atoms with Gasteiger partial charge in [0.25, 0.3) is 0 Å². The number of pyridine rings is 2. The number of nitriles is 1. The molecule has 1 aliphatic rings. The predicted octanol–water partition coefficient (Wildman–Crippen LogP) is 6.42. The van der Waals surface area contributed by atoms with Crippen molar-refractivity contribution in [1.82, 2.24) is 25.1 Å². The fourth-order valence-corrected chi connectivity index (χ4v) is 5.79. The van der Waals surface area contributed by atoms with Gasteiger partial charge in [-0.15, -0.1) is 0 Å². The molecule has 202 valence electrons. The molecule has 0 unspecified atom stereocenters. The highest BCUT2D eigenvalue weighted by Crippen LogP contribution is 2.38. The number of likely N-dealkylation sites (N-methyl/N-ethyl adjacent to an activating group) is 1. The highest BCUT2D eigenvalue weighted by molar-refractivity contribution is 6.35. The maximum absolute atomic E-state index is 15.3. The van der Waals surface area contributed by atoms with Crippen LogP contribution in [0.2, 0.25) is 10.0 Å². The quantitative estimate of drug-likeness (QED) is 0.262. The fourth-order valence-electron chi connectivity index (χ4n) is 5.12. The molecule has 0 saturated carbocycles. The zero-order chi connectivity index (χ0) is 27.9. The van der Waals surface area contributed by atoms with Crippen LogP contribution in [0.15, 0.2) is 42.9 Å². The third kappa shape index (κ3) is 5.00. The highest BCUT2D eigenvalue weighted by Gasteiger charge is 2.48. The molecule has 0 spiro atoms. The number of H-pyrrole nitrogens is 1. The smallest absolute Gasteiger partial charge is 0.166 e. The second-order valence-corrected chi connectivity index (χ2v) is 11.0. The molecule has 1 aromatic carbocycles. The Morgan fingerprint density at radius 2 is 1.90 bits per heavy atom. The summed E-state index contributed by atoms with van der Waals surface area (Å²) in [5.41, 5.74) is 2.20. The Kier molecular flexibility index (Phi) is 7.38. The number of aromatic nitrogens is 4. The number of nitrogens with one attached hydrogen (secondary N) is 1. The number of halogens is 3. The topological polar surface area (TPSA) is 94.0 Å². The van der Waals surface area contributed by atoms with Gasteiger partial charge in [0.15, 0.2) is 11.6 Å². The van der Waals surface area contributed by atoms with Crippen molar-refractivity contribution in [1.29, 1.82) is 5.26 Å². The Labute approximate surface area is 236 Å². The van der Waals surface area contributed by atoms with Crippen LogP contribution in [-0.4, -0.2) is 56.8 Å². The van der Waals surface area contributed by atoms with Crippen LogP contribution in [0.4, 0.5) is 10.2 Å². The summed E-state index contributed by atoms with van der Waals surface area (Å²) in [5.74, 6) is 0.410. The lowest BCUT2D eigenvalue weighted by Crippen LogP contribution is -2.70. The maximum atomic E-state index is 15.3. The first-order valence-electron chi connectivity index (χ1n) is 12.6. The van der Waals surface area contributed by atoms with Gasteiger partial charge in [0.05, 0.1) is 33.6 Å². The summed E-state index contributed by atoms with van der Waals surface area (Å²) in [6, 6.07) is 9.51. The van der Waals surface area contributed by atoms with E-state index >= 15 is 4.39 Å². The van der Waals surface area contributed by atoms with Crippen molar-refractivity contribution in [3.05, 3.63) is 64.3 Å². The van der Waals surface area contributed by atoms with Gasteiger partial charge in [-0.1, -0.05) is 23.2 Å². The van der Waals surface area contributed by atoms with Gasteiger partial charge in [-0.2, -0.15) is 10.4 Å². The Bertz CT molecular complexity index is 1540. The first kappa shape index (κ1) is 27.1. The van der Waals surface area contributed by atoms with E-state index in [4.69, 9.17) is 27.9 Å². The molecule has 8 nitrogen and oxygen atoms in total. The largest absolute Gasteiger partial charge is 0.486 e. The summed E-state index contributed by atoms with van der Waals surface area (Å²) >= 11 is 12.6. The average Bonchev–Trinajstić information content (AvgIpc) is 3.29. The minimum atomic E-state index is -0.440. The molecule has 3 aromatic heterocycles. The summed E-state index contributed by atoms with van der Waals surface area (Å²) in [6.07, 6.45) is 4.62. The van der Waals surface area contributed by atoms with Gasteiger partial charge in [0.1, 0.15) is 17.5 Å². The summed E-state index contributed by atoms with van der Waals surface area (Å²) in [5, 5.41) is 18.4. The van der Waals surface area contributed by atoms with Gasteiger partial charge in [0.2, 0.25) is 0 Å². The predicted molar refractivity (Wildman–Crippen MR) is 151 cm³/mol. The van der Waals surface area contributed by atoms with Gasteiger partial charge >= 0.3 is 0 Å². The van der Waals surface area contributed by atoms with Crippen LogP contribution < -0.4 is 9.64 Å². The average molecular weight is 568 g/mol. The second kappa shape index (κ2) is 10.6. The minimum absolute atomic E-state index is 0.268. The van der Waals surface area contributed by atoms with Crippen molar-refractivity contribution in [3.8, 4) is 23.1 Å². The lowest BCUT2D eigenvalue weighted by Gasteiger charge is -2.55. The van der Waals surface area contributed by atoms with Gasteiger partial charge in [-0.05, 0) is 52.1 Å². The molecular formula is C28H28Cl2FN7O. The molecule has 1 fully saturated rings. The van der Waals surface area contributed by atoms with Crippen molar-refractivity contribution >= 4 is 39.9 Å². The van der Waals surface area contributed by atoms with Crippen molar-refractivity contribution in [3.63, 3.8) is 0 Å². The molecule has 0 amide bonds. The van der Waals surface area contributed by atoms with Crippen molar-refractivity contribution < 1.29 is 9.13 Å². The minimum Gasteiger partial charge on any atom is -0.486 e. The molecule has 4 heterocycles. The first-order valence-corrected chi connectivity index (χ1v) is 13.3. The van der Waals surface area contributed by atoms with E-state index in [9.17, 15) is 5.26 Å². The van der Waals surface area contributed by atoms with Crippen LogP contribution in [0.3, 0.4) is 0 Å². The molecule has 1 aliphatic heterocycles. The van der Waals surface area contributed by atoms with Gasteiger partial charge < -0.3 is 9.64 Å². The van der Waals surface area contributed by atoms with Crippen LogP contribution in [-0.2, 0) is 0 Å². The van der Waals surface area contributed by atoms with Crippen LogP contribution in [0.25, 0.3) is 22.2 Å². The molecule has 0 radical (unpaired) electrons. The SMILES string of the molecule is CC(C)N(C)C1(CC#N)CN(c2ncc(-c3n[nH]c4ccc(O[C@H](C)c5c(Cl)cncc5Cl)cc34)cc2F)C1. The highest BCUT2D eigenvalue weighted by atomic mass is 35.5. The van der Waals surface area contributed by atoms with E-state index in [1.165, 1.54) is 18.5 Å². The zero-order valence-electron chi connectivity index (χ0n) is 22.0. The van der Waals surface area contributed by atoms with Gasteiger partial charge in [-0.3, -0.25) is 15.0 Å². The van der Waals surface area contributed by atoms with Gasteiger partial charge in [-0.25, -0.2) is 9.37 Å². The van der Waals surface area contributed by atoms with Crippen LogP contribution in [0.5, 0.6) is 5.75 Å². The Balaban J connectivity index is 1.38. The number of ether oxygens (including phenoxy) is 1. The third-order valence-corrected chi connectivity index (χ3v) is 8.04. The molecular weight excluding hydrogens is 540 g/mol. The summed E-state index contributed by atoms with van der Waals surface area (Å²) in [4.78, 5) is 12.5. The molecule has 1 atom stereocenters. The van der Waals surface area contributed by atoms with Crippen molar-refractivity contribution in [2.45, 2.75) is 44.9 Å². The molecule has 39 heavy (non-hydrogen) atoms. The van der Waals surface area contributed by atoms with E-state index in [1.54, 1.807) is 6.20 Å². The molecule has 11 heteroatoms. The second-order valence-electron chi connectivity index (χ2n) is 10.2. The van der Waals surface area contributed by atoms with E-state index in [2.05, 4.69) is 45.0 Å². The van der Waals surface area contributed by atoms with Gasteiger partial charge in [0, 0.05) is 54.2 Å². The van der Waals surface area contributed by atoms with Crippen LogP contribution in [0.1, 0.15) is 38.9 Å². The monoisotopic (exact) mass is 567 g/mol. The Morgan fingerprint density at radius 3 is 2.54 bits per heavy atom. The standard InChI is InChI=1S/C28H28Cl2FN7O/c1-16(2)37(4)28(7-8-32)14-38(15-28)27-23(31)9-18(11-34-27)26-20-10-19(5-6-24(20)35-36-26)39-17(3)25-21(29)12-33-13-22(25)30/h5-6,9-13,16-17H,7,14-15H2,1-4H3,(H,35,36)/t17-/m1/s1. The number of fused-ring (bicyclic) bond motifs is 1. The summed E-state index contributed by atoms with van der Waals surface area (Å²) in [6.45, 7) is 7.10. The summed E-state index contributed by atoms with van der Waals surface area (Å²) < 4.78 is 21.5. The normalized spacial score (nSPS) is 15.4. The van der Waals surface area contributed by atoms with E-state index in [0.717, 1.165) is 10.9 Å². The number of hydrogen-bond acceptors (Lipinski definition) is 7. The van der Waals surface area contributed by atoms with E-state index in [-0.39, 0.29) is 17.4 Å². The van der Waals surface area contributed by atoms with Crippen LogP contribution >= 0.6 is 23.2 Å². The number of benzene rings is 1. The fraction of sp³-hybridized carbons (Fsp3) is 0.357. The number of anilines is 1. The molecule has 5 rings (SSSR count). The Morgan fingerprint density at radius 1 is 1.18 bits per heavy atom. The van der Waals surface area contributed by atoms with E-state index < -0.39 is 11.9 Å². The number of aromatic amines is 1. The molecule has 0 bridgehead atoms. The lowest BCUT2D eigenvalue weighted by atomic mass is 9.84. The number of hydrogen-bond donors (Lipinski definition) is 1. The molecule has 1 N–H and O–H groups in total. The lowest BCUT2D eigenvalue weighted by molar-refractivity contribution is 0.0598. The third-order valence-electron chi connectivity index (χ3n) is 7.44.